The molecule has 1 heterocycles. The smallest absolute Gasteiger partial charge is 0.411 e. The van der Waals surface area contributed by atoms with Crippen molar-refractivity contribution in [2.24, 2.45) is 0 Å². The number of amides is 2. The Kier molecular flexibility index (Phi) is 8.25. The summed E-state index contributed by atoms with van der Waals surface area (Å²) in [5.74, 6) is -0.0506. The van der Waals surface area contributed by atoms with Crippen molar-refractivity contribution in [3.8, 4) is 0 Å². The van der Waals surface area contributed by atoms with Crippen molar-refractivity contribution < 1.29 is 19.1 Å². The standard InChI is InChI=1S/C19H28N2O4/c1-2-3-4-5-6-7-13-25-19(23)20-16-8-10-17(11-9-16)21-12-14-24-15-18(21)22/h8-11H,2-7,12-15H2,1H3,(H,20,23). The van der Waals surface area contributed by atoms with E-state index in [0.717, 1.165) is 18.5 Å². The van der Waals surface area contributed by atoms with Crippen LogP contribution in [0.1, 0.15) is 45.4 Å². The fourth-order valence-corrected chi connectivity index (χ4v) is 2.72. The molecule has 2 amide bonds. The third-order valence-corrected chi connectivity index (χ3v) is 4.14. The van der Waals surface area contributed by atoms with Crippen LogP contribution >= 0.6 is 0 Å². The van der Waals surface area contributed by atoms with Crippen molar-refractivity contribution in [3.05, 3.63) is 24.3 Å². The number of morpholine rings is 1. The van der Waals surface area contributed by atoms with E-state index in [0.29, 0.717) is 25.4 Å². The molecule has 0 bridgehead atoms. The molecule has 0 aromatic heterocycles. The molecule has 1 aromatic carbocycles. The lowest BCUT2D eigenvalue weighted by Gasteiger charge is -2.26. The van der Waals surface area contributed by atoms with E-state index in [2.05, 4.69) is 12.2 Å². The van der Waals surface area contributed by atoms with Gasteiger partial charge in [0.15, 0.2) is 0 Å². The van der Waals surface area contributed by atoms with Crippen molar-refractivity contribution in [2.45, 2.75) is 45.4 Å². The SMILES string of the molecule is CCCCCCCCOC(=O)Nc1ccc(N2CCOCC2=O)cc1. The van der Waals surface area contributed by atoms with Crippen LogP contribution in [0.2, 0.25) is 0 Å². The number of hydrogen-bond donors (Lipinski definition) is 1. The maximum atomic E-state index is 11.8. The molecule has 1 fully saturated rings. The predicted molar refractivity (Wildman–Crippen MR) is 98.0 cm³/mol. The second-order valence-corrected chi connectivity index (χ2v) is 6.17. The van der Waals surface area contributed by atoms with Crippen LogP contribution in [0.15, 0.2) is 24.3 Å². The number of nitrogens with one attached hydrogen (secondary N) is 1. The Morgan fingerprint density at radius 1 is 1.16 bits per heavy atom. The minimum absolute atomic E-state index is 0.0506. The fraction of sp³-hybridized carbons (Fsp3) is 0.579. The van der Waals surface area contributed by atoms with E-state index in [1.165, 1.54) is 25.7 Å². The van der Waals surface area contributed by atoms with Gasteiger partial charge in [0.25, 0.3) is 5.91 Å². The highest BCUT2D eigenvalue weighted by atomic mass is 16.5. The van der Waals surface area contributed by atoms with Crippen molar-refractivity contribution >= 4 is 23.4 Å². The van der Waals surface area contributed by atoms with Gasteiger partial charge < -0.3 is 14.4 Å². The lowest BCUT2D eigenvalue weighted by Crippen LogP contribution is -2.41. The number of rotatable bonds is 9. The van der Waals surface area contributed by atoms with E-state index < -0.39 is 6.09 Å². The third-order valence-electron chi connectivity index (χ3n) is 4.14. The number of benzene rings is 1. The van der Waals surface area contributed by atoms with Gasteiger partial charge in [-0.3, -0.25) is 10.1 Å². The van der Waals surface area contributed by atoms with Gasteiger partial charge in [0, 0.05) is 17.9 Å². The Morgan fingerprint density at radius 3 is 2.60 bits per heavy atom. The summed E-state index contributed by atoms with van der Waals surface area (Å²) in [7, 11) is 0. The zero-order valence-corrected chi connectivity index (χ0v) is 15.0. The lowest BCUT2D eigenvalue weighted by molar-refractivity contribution is -0.125. The topological polar surface area (TPSA) is 67.9 Å². The summed E-state index contributed by atoms with van der Waals surface area (Å²) in [6, 6.07) is 7.16. The Labute approximate surface area is 149 Å². The van der Waals surface area contributed by atoms with E-state index in [9.17, 15) is 9.59 Å². The number of ether oxygens (including phenoxy) is 2. The molecule has 1 aliphatic heterocycles. The first-order valence-corrected chi connectivity index (χ1v) is 9.12. The molecule has 25 heavy (non-hydrogen) atoms. The summed E-state index contributed by atoms with van der Waals surface area (Å²) in [5.41, 5.74) is 1.46. The van der Waals surface area contributed by atoms with Crippen molar-refractivity contribution in [2.75, 3.05) is 36.6 Å². The number of anilines is 2. The van der Waals surface area contributed by atoms with Gasteiger partial charge in [-0.05, 0) is 30.7 Å². The minimum Gasteiger partial charge on any atom is -0.449 e. The average Bonchev–Trinajstić information content (AvgIpc) is 2.62. The van der Waals surface area contributed by atoms with Gasteiger partial charge in [-0.2, -0.15) is 0 Å². The molecule has 1 saturated heterocycles. The molecule has 0 spiro atoms. The van der Waals surface area contributed by atoms with E-state index >= 15 is 0 Å². The first-order chi connectivity index (χ1) is 12.2. The molecule has 2 rings (SSSR count). The zero-order valence-electron chi connectivity index (χ0n) is 15.0. The number of unbranched alkanes of at least 4 members (excludes halogenated alkanes) is 5. The third kappa shape index (κ3) is 6.74. The maximum Gasteiger partial charge on any atom is 0.411 e. The molecule has 1 aliphatic rings. The second-order valence-electron chi connectivity index (χ2n) is 6.17. The Hall–Kier alpha value is -2.08. The summed E-state index contributed by atoms with van der Waals surface area (Å²) < 4.78 is 10.3. The van der Waals surface area contributed by atoms with Crippen LogP contribution in [0.4, 0.5) is 16.2 Å². The molecule has 0 radical (unpaired) electrons. The highest BCUT2D eigenvalue weighted by Gasteiger charge is 2.19. The van der Waals surface area contributed by atoms with Gasteiger partial charge in [-0.15, -0.1) is 0 Å². The van der Waals surface area contributed by atoms with E-state index in [-0.39, 0.29) is 12.5 Å². The lowest BCUT2D eigenvalue weighted by atomic mass is 10.1. The molecule has 0 unspecified atom stereocenters. The van der Waals surface area contributed by atoms with Crippen LogP contribution in [0.5, 0.6) is 0 Å². The summed E-state index contributed by atoms with van der Waals surface area (Å²) in [4.78, 5) is 25.3. The second kappa shape index (κ2) is 10.7. The highest BCUT2D eigenvalue weighted by Crippen LogP contribution is 2.19. The largest absolute Gasteiger partial charge is 0.449 e. The Balaban J connectivity index is 1.68. The number of carbonyl (C=O) groups excluding carboxylic acids is 2. The van der Waals surface area contributed by atoms with Gasteiger partial charge in [0.2, 0.25) is 0 Å². The molecule has 0 aliphatic carbocycles. The molecular weight excluding hydrogens is 320 g/mol. The van der Waals surface area contributed by atoms with Crippen molar-refractivity contribution in [1.82, 2.24) is 0 Å². The normalized spacial score (nSPS) is 14.4. The van der Waals surface area contributed by atoms with E-state index in [4.69, 9.17) is 9.47 Å². The van der Waals surface area contributed by atoms with Gasteiger partial charge >= 0.3 is 6.09 Å². The molecule has 0 saturated carbocycles. The van der Waals surface area contributed by atoms with E-state index in [1.54, 1.807) is 17.0 Å². The van der Waals surface area contributed by atoms with Crippen LogP contribution in [-0.2, 0) is 14.3 Å². The van der Waals surface area contributed by atoms with Crippen LogP contribution in [0, 0.1) is 0 Å². The first-order valence-electron chi connectivity index (χ1n) is 9.12. The summed E-state index contributed by atoms with van der Waals surface area (Å²) in [5, 5.41) is 2.71. The van der Waals surface area contributed by atoms with Gasteiger partial charge in [-0.1, -0.05) is 39.0 Å². The van der Waals surface area contributed by atoms with Crippen LogP contribution in [0.3, 0.4) is 0 Å². The maximum absolute atomic E-state index is 11.8. The fourth-order valence-electron chi connectivity index (χ4n) is 2.72. The average molecular weight is 348 g/mol. The number of nitrogens with zero attached hydrogens (tertiary/aromatic N) is 1. The summed E-state index contributed by atoms with van der Waals surface area (Å²) >= 11 is 0. The van der Waals surface area contributed by atoms with Crippen LogP contribution < -0.4 is 10.2 Å². The summed E-state index contributed by atoms with van der Waals surface area (Å²) in [6.07, 6.45) is 6.50. The van der Waals surface area contributed by atoms with Gasteiger partial charge in [0.05, 0.1) is 13.2 Å². The minimum atomic E-state index is -0.441. The van der Waals surface area contributed by atoms with Gasteiger partial charge in [-0.25, -0.2) is 4.79 Å². The molecule has 6 heteroatoms. The Bertz CT molecular complexity index is 545. The predicted octanol–water partition coefficient (Wildman–Crippen LogP) is 3.96. The highest BCUT2D eigenvalue weighted by molar-refractivity contribution is 5.95. The van der Waals surface area contributed by atoms with Gasteiger partial charge in [0.1, 0.15) is 6.61 Å². The monoisotopic (exact) mass is 348 g/mol. The molecule has 0 atom stereocenters. The molecule has 1 N–H and O–H groups in total. The van der Waals surface area contributed by atoms with Crippen molar-refractivity contribution in [3.63, 3.8) is 0 Å². The number of carbonyl (C=O) groups is 2. The number of hydrogen-bond acceptors (Lipinski definition) is 4. The zero-order chi connectivity index (χ0) is 17.9. The van der Waals surface area contributed by atoms with E-state index in [1.807, 2.05) is 12.1 Å². The summed E-state index contributed by atoms with van der Waals surface area (Å²) in [6.45, 7) is 3.84. The molecular formula is C19H28N2O4. The van der Waals surface area contributed by atoms with Crippen LogP contribution in [-0.4, -0.2) is 38.4 Å². The van der Waals surface area contributed by atoms with Crippen LogP contribution in [0.25, 0.3) is 0 Å². The van der Waals surface area contributed by atoms with Crippen molar-refractivity contribution in [1.29, 1.82) is 0 Å². The Morgan fingerprint density at radius 2 is 1.88 bits per heavy atom. The first kappa shape index (κ1) is 19.2. The molecule has 1 aromatic rings. The molecule has 6 nitrogen and oxygen atoms in total. The quantitative estimate of drug-likeness (QED) is 0.686. The molecule has 138 valence electrons.